The first-order chi connectivity index (χ1) is 17.4. The molecule has 2 aromatic heterocycles. The van der Waals surface area contributed by atoms with Gasteiger partial charge in [0.25, 0.3) is 5.91 Å². The Balaban J connectivity index is 1.30. The summed E-state index contributed by atoms with van der Waals surface area (Å²) in [6, 6.07) is 14.1. The number of benzene rings is 2. The zero-order valence-electron chi connectivity index (χ0n) is 21.1. The number of fused-ring (bicyclic) bond motifs is 1. The van der Waals surface area contributed by atoms with Crippen LogP contribution in [0.5, 0.6) is 11.5 Å². The van der Waals surface area contributed by atoms with Crippen LogP contribution in [0.1, 0.15) is 35.5 Å². The van der Waals surface area contributed by atoms with Crippen LogP contribution in [0.15, 0.2) is 42.5 Å². The first-order valence-corrected chi connectivity index (χ1v) is 12.2. The summed E-state index contributed by atoms with van der Waals surface area (Å²) in [5.41, 5.74) is 5.15. The molecule has 0 spiro atoms. The summed E-state index contributed by atoms with van der Waals surface area (Å²) in [5, 5.41) is 11.0. The number of imidazole rings is 1. The summed E-state index contributed by atoms with van der Waals surface area (Å²) >= 11 is 0. The van der Waals surface area contributed by atoms with E-state index >= 15 is 0 Å². The molecule has 3 N–H and O–H groups in total. The van der Waals surface area contributed by atoms with Gasteiger partial charge in [0.1, 0.15) is 17.2 Å². The summed E-state index contributed by atoms with van der Waals surface area (Å²) in [6.45, 7) is 5.61. The second-order valence-corrected chi connectivity index (χ2v) is 9.50. The lowest BCUT2D eigenvalue weighted by molar-refractivity contribution is 0.0674. The average molecular weight is 489 g/mol. The molecule has 0 saturated carbocycles. The van der Waals surface area contributed by atoms with E-state index in [2.05, 4.69) is 34.3 Å². The normalized spacial score (nSPS) is 17.9. The first-order valence-electron chi connectivity index (χ1n) is 12.2. The minimum Gasteiger partial charge on any atom is -0.497 e. The predicted octanol–water partition coefficient (Wildman–Crippen LogP) is 3.58. The highest BCUT2D eigenvalue weighted by atomic mass is 16.5. The Morgan fingerprint density at radius 1 is 1.00 bits per heavy atom. The lowest BCUT2D eigenvalue weighted by Crippen LogP contribution is -2.55. The molecule has 1 aliphatic heterocycles. The van der Waals surface area contributed by atoms with Crippen molar-refractivity contribution < 1.29 is 14.3 Å². The van der Waals surface area contributed by atoms with Crippen molar-refractivity contribution in [1.82, 2.24) is 30.4 Å². The fourth-order valence-corrected chi connectivity index (χ4v) is 4.84. The predicted molar refractivity (Wildman–Crippen MR) is 139 cm³/mol. The second-order valence-electron chi connectivity index (χ2n) is 9.50. The van der Waals surface area contributed by atoms with Gasteiger partial charge in [0.2, 0.25) is 0 Å². The highest BCUT2D eigenvalue weighted by Crippen LogP contribution is 2.25. The number of aromatic amines is 2. The van der Waals surface area contributed by atoms with Crippen molar-refractivity contribution in [3.05, 3.63) is 59.3 Å². The molecule has 0 bridgehead atoms. The van der Waals surface area contributed by atoms with E-state index in [1.807, 2.05) is 47.4 Å². The van der Waals surface area contributed by atoms with Crippen LogP contribution in [-0.4, -0.2) is 70.4 Å². The largest absolute Gasteiger partial charge is 0.497 e. The Hall–Kier alpha value is -3.85. The zero-order chi connectivity index (χ0) is 25.2. The van der Waals surface area contributed by atoms with Crippen LogP contribution in [0.2, 0.25) is 0 Å². The maximum Gasteiger partial charge on any atom is 0.254 e. The second kappa shape index (κ2) is 10.0. The van der Waals surface area contributed by atoms with E-state index in [0.29, 0.717) is 24.5 Å². The number of carbonyl (C=O) groups is 1. The molecule has 0 aliphatic carbocycles. The number of H-pyrrole nitrogens is 2. The first kappa shape index (κ1) is 23.9. The van der Waals surface area contributed by atoms with Gasteiger partial charge in [-0.25, -0.2) is 4.98 Å². The van der Waals surface area contributed by atoms with Crippen molar-refractivity contribution in [3.8, 4) is 23.0 Å². The van der Waals surface area contributed by atoms with Crippen LogP contribution < -0.4 is 14.8 Å². The molecule has 36 heavy (non-hydrogen) atoms. The minimum absolute atomic E-state index is 0.0458. The number of aryl methyl sites for hydroxylation is 2. The van der Waals surface area contributed by atoms with Gasteiger partial charge in [-0.05, 0) is 68.7 Å². The number of aromatic nitrogens is 4. The molecule has 2 atom stereocenters. The average Bonchev–Trinajstić information content (AvgIpc) is 3.52. The molecule has 0 radical (unpaired) electrons. The monoisotopic (exact) mass is 488 g/mol. The topological polar surface area (TPSA) is 108 Å². The van der Waals surface area contributed by atoms with Crippen LogP contribution >= 0.6 is 0 Å². The number of carbonyl (C=O) groups excluding carboxylic acids is 1. The maximum absolute atomic E-state index is 13.1. The number of hydrogen-bond donors (Lipinski definition) is 3. The Kier molecular flexibility index (Phi) is 6.65. The summed E-state index contributed by atoms with van der Waals surface area (Å²) in [6.07, 6.45) is 1.59. The molecule has 9 nitrogen and oxygen atoms in total. The number of ether oxygens (including phenoxy) is 2. The maximum atomic E-state index is 13.1. The van der Waals surface area contributed by atoms with Gasteiger partial charge in [-0.1, -0.05) is 0 Å². The Morgan fingerprint density at radius 3 is 2.42 bits per heavy atom. The van der Waals surface area contributed by atoms with Crippen molar-refractivity contribution in [2.75, 3.05) is 27.3 Å². The third kappa shape index (κ3) is 5.06. The number of hydrogen-bond acceptors (Lipinski definition) is 6. The number of piperazine rings is 1. The molecule has 9 heteroatoms. The summed E-state index contributed by atoms with van der Waals surface area (Å²) in [7, 11) is 3.30. The van der Waals surface area contributed by atoms with Crippen molar-refractivity contribution in [2.24, 2.45) is 0 Å². The van der Waals surface area contributed by atoms with Crippen LogP contribution in [-0.2, 0) is 12.8 Å². The van der Waals surface area contributed by atoms with Gasteiger partial charge in [0.05, 0.1) is 25.3 Å². The zero-order valence-corrected chi connectivity index (χ0v) is 21.1. The number of nitrogens with zero attached hydrogens (tertiary/aromatic N) is 3. The third-order valence-electron chi connectivity index (χ3n) is 6.54. The SMILES string of the molecule is COc1cc(CCc2cc(-c3nc4ccc(C(=O)N5CC(C)NC(C)C5)cc4[nH]3)n[nH]2)cc(OC)c1. The van der Waals surface area contributed by atoms with Crippen LogP contribution in [0.4, 0.5) is 0 Å². The van der Waals surface area contributed by atoms with Gasteiger partial charge >= 0.3 is 0 Å². The Morgan fingerprint density at radius 2 is 1.72 bits per heavy atom. The minimum atomic E-state index is 0.0458. The fourth-order valence-electron chi connectivity index (χ4n) is 4.84. The molecule has 2 unspecified atom stereocenters. The summed E-state index contributed by atoms with van der Waals surface area (Å²) < 4.78 is 10.7. The fraction of sp³-hybridized carbons (Fsp3) is 0.370. The number of rotatable bonds is 7. The van der Waals surface area contributed by atoms with E-state index in [-0.39, 0.29) is 18.0 Å². The van der Waals surface area contributed by atoms with Gasteiger partial charge in [0.15, 0.2) is 5.82 Å². The number of methoxy groups -OCH3 is 2. The standard InChI is InChI=1S/C27H32N6O3/c1-16-14-33(15-17(2)28-16)27(34)19-6-8-23-24(11-19)30-26(29-23)25-12-20(31-32-25)7-5-18-9-21(35-3)13-22(10-18)36-4/h6,8-13,16-17,28H,5,7,14-15H2,1-4H3,(H,29,30)(H,31,32). The summed E-state index contributed by atoms with van der Waals surface area (Å²) in [4.78, 5) is 23.1. The van der Waals surface area contributed by atoms with Crippen LogP contribution in [0.25, 0.3) is 22.6 Å². The smallest absolute Gasteiger partial charge is 0.254 e. The van der Waals surface area contributed by atoms with Gasteiger partial charge in [0, 0.05) is 42.5 Å². The summed E-state index contributed by atoms with van der Waals surface area (Å²) in [5.74, 6) is 2.26. The Labute approximate surface area is 210 Å². The van der Waals surface area contributed by atoms with Gasteiger partial charge in [-0.3, -0.25) is 9.89 Å². The van der Waals surface area contributed by atoms with E-state index in [0.717, 1.165) is 52.3 Å². The molecule has 5 rings (SSSR count). The van der Waals surface area contributed by atoms with Gasteiger partial charge in [-0.2, -0.15) is 5.10 Å². The van der Waals surface area contributed by atoms with Crippen molar-refractivity contribution in [3.63, 3.8) is 0 Å². The van der Waals surface area contributed by atoms with E-state index in [4.69, 9.17) is 14.5 Å². The van der Waals surface area contributed by atoms with Crippen molar-refractivity contribution in [1.29, 1.82) is 0 Å². The molecule has 3 heterocycles. The molecular formula is C27H32N6O3. The molecule has 188 valence electrons. The van der Waals surface area contributed by atoms with Gasteiger partial charge < -0.3 is 24.7 Å². The molecule has 1 amide bonds. The molecule has 1 saturated heterocycles. The van der Waals surface area contributed by atoms with E-state index in [1.165, 1.54) is 0 Å². The molecule has 1 fully saturated rings. The van der Waals surface area contributed by atoms with Crippen LogP contribution in [0, 0.1) is 0 Å². The highest BCUT2D eigenvalue weighted by Gasteiger charge is 2.26. The van der Waals surface area contributed by atoms with E-state index < -0.39 is 0 Å². The number of nitrogens with one attached hydrogen (secondary N) is 3. The van der Waals surface area contributed by atoms with Crippen molar-refractivity contribution >= 4 is 16.9 Å². The highest BCUT2D eigenvalue weighted by molar-refractivity contribution is 5.97. The molecule has 2 aromatic carbocycles. The van der Waals surface area contributed by atoms with E-state index in [1.54, 1.807) is 14.2 Å². The van der Waals surface area contributed by atoms with Crippen molar-refractivity contribution in [2.45, 2.75) is 38.8 Å². The van der Waals surface area contributed by atoms with E-state index in [9.17, 15) is 4.79 Å². The van der Waals surface area contributed by atoms with Gasteiger partial charge in [-0.15, -0.1) is 0 Å². The third-order valence-corrected chi connectivity index (χ3v) is 6.54. The molecular weight excluding hydrogens is 456 g/mol. The molecule has 4 aromatic rings. The van der Waals surface area contributed by atoms with Crippen LogP contribution in [0.3, 0.4) is 0 Å². The Bertz CT molecular complexity index is 1340. The molecule has 1 aliphatic rings. The quantitative estimate of drug-likeness (QED) is 0.367. The lowest BCUT2D eigenvalue weighted by atomic mass is 10.1. The number of amides is 1. The lowest BCUT2D eigenvalue weighted by Gasteiger charge is -2.36.